The quantitative estimate of drug-likeness (QED) is 0.734. The van der Waals surface area contributed by atoms with E-state index in [-0.39, 0.29) is 48.1 Å². The molecule has 1 saturated carbocycles. The molecule has 3 aliphatic rings. The molecular weight excluding hydrogens is 428 g/mol. The maximum Gasteiger partial charge on any atom is 0.417 e. The van der Waals surface area contributed by atoms with E-state index < -0.39 is 11.7 Å². The second-order valence-corrected chi connectivity index (χ2v) is 8.04. The van der Waals surface area contributed by atoms with Crippen LogP contribution in [0, 0.1) is 11.3 Å². The second-order valence-electron chi connectivity index (χ2n) is 8.04. The Morgan fingerprint density at radius 2 is 1.83 bits per heavy atom. The van der Waals surface area contributed by atoms with Crippen LogP contribution < -0.4 is 15.5 Å². The monoisotopic (exact) mass is 454 g/mol. The predicted octanol–water partition coefficient (Wildman–Crippen LogP) is 3.42. The lowest BCUT2D eigenvalue weighted by Crippen LogP contribution is -2.46. The van der Waals surface area contributed by atoms with Gasteiger partial charge >= 0.3 is 6.18 Å². The van der Waals surface area contributed by atoms with Crippen molar-refractivity contribution in [2.24, 2.45) is 11.3 Å². The lowest BCUT2D eigenvalue weighted by atomic mass is 9.91. The Morgan fingerprint density at radius 3 is 2.38 bits per heavy atom. The second kappa shape index (κ2) is 9.27. The number of hydrogen-bond donors (Lipinski definition) is 2. The van der Waals surface area contributed by atoms with Crippen LogP contribution in [0.5, 0.6) is 0 Å². The summed E-state index contributed by atoms with van der Waals surface area (Å²) in [4.78, 5) is 18.5. The molecule has 3 fully saturated rings. The molecule has 3 heterocycles. The Balaban J connectivity index is 0.00000150. The van der Waals surface area contributed by atoms with Crippen molar-refractivity contribution < 1.29 is 18.0 Å². The van der Waals surface area contributed by atoms with Crippen molar-refractivity contribution in [3.63, 3.8) is 0 Å². The van der Waals surface area contributed by atoms with E-state index in [4.69, 9.17) is 0 Å². The van der Waals surface area contributed by atoms with Crippen molar-refractivity contribution in [3.05, 3.63) is 23.9 Å². The van der Waals surface area contributed by atoms with Crippen LogP contribution in [0.3, 0.4) is 0 Å². The molecule has 2 saturated heterocycles. The third-order valence-electron chi connectivity index (χ3n) is 6.35. The van der Waals surface area contributed by atoms with Crippen molar-refractivity contribution in [1.29, 1.82) is 0 Å². The van der Waals surface area contributed by atoms with Crippen LogP contribution in [0.4, 0.5) is 19.0 Å². The van der Waals surface area contributed by atoms with Crippen LogP contribution in [0.1, 0.15) is 37.7 Å². The van der Waals surface area contributed by atoms with Gasteiger partial charge in [-0.3, -0.25) is 4.79 Å². The van der Waals surface area contributed by atoms with E-state index in [1.165, 1.54) is 6.07 Å². The fourth-order valence-electron chi connectivity index (χ4n) is 4.49. The van der Waals surface area contributed by atoms with Gasteiger partial charge in [0.2, 0.25) is 5.91 Å². The van der Waals surface area contributed by atoms with Crippen LogP contribution in [-0.4, -0.2) is 43.1 Å². The van der Waals surface area contributed by atoms with Gasteiger partial charge in [-0.25, -0.2) is 4.98 Å². The molecule has 0 bridgehead atoms. The Bertz CT molecular complexity index is 688. The SMILES string of the molecule is Cl.Cl.O=C(NC1CCN(c2ccc(C(F)(F)F)cn2)CC1)C1CC12CCNCC2. The molecule has 1 aromatic heterocycles. The average Bonchev–Trinajstić information content (AvgIpc) is 3.35. The molecule has 1 amide bonds. The van der Waals surface area contributed by atoms with Crippen molar-refractivity contribution in [2.75, 3.05) is 31.1 Å². The molecule has 29 heavy (non-hydrogen) atoms. The topological polar surface area (TPSA) is 57.3 Å². The summed E-state index contributed by atoms with van der Waals surface area (Å²) in [5.74, 6) is 0.904. The third kappa shape index (κ3) is 5.27. The number of pyridine rings is 1. The lowest BCUT2D eigenvalue weighted by molar-refractivity contribution is -0.137. The van der Waals surface area contributed by atoms with Gasteiger partial charge in [0, 0.05) is 31.2 Å². The Morgan fingerprint density at radius 1 is 1.17 bits per heavy atom. The van der Waals surface area contributed by atoms with Crippen molar-refractivity contribution in [1.82, 2.24) is 15.6 Å². The van der Waals surface area contributed by atoms with Gasteiger partial charge in [-0.15, -0.1) is 24.8 Å². The standard InChI is InChI=1S/C19H25F3N4O.2ClH/c20-19(21,22)13-1-2-16(24-12-13)26-9-3-14(4-10-26)25-17(27)15-11-18(15)5-7-23-8-6-18;;/h1-2,12,14-15,23H,3-11H2,(H,25,27);2*1H. The maximum absolute atomic E-state index is 12.6. The Labute approximate surface area is 181 Å². The highest BCUT2D eigenvalue weighted by Crippen LogP contribution is 2.58. The molecule has 0 aromatic carbocycles. The van der Waals surface area contributed by atoms with Crippen LogP contribution in [0.2, 0.25) is 0 Å². The molecule has 0 radical (unpaired) electrons. The molecule has 164 valence electrons. The summed E-state index contributed by atoms with van der Waals surface area (Å²) >= 11 is 0. The van der Waals surface area contributed by atoms with Crippen LogP contribution in [-0.2, 0) is 11.0 Å². The largest absolute Gasteiger partial charge is 0.417 e. The number of alkyl halides is 3. The summed E-state index contributed by atoms with van der Waals surface area (Å²) in [6.45, 7) is 3.37. The highest BCUT2D eigenvalue weighted by atomic mass is 35.5. The van der Waals surface area contributed by atoms with Gasteiger partial charge in [0.15, 0.2) is 0 Å². The summed E-state index contributed by atoms with van der Waals surface area (Å²) in [6.07, 6.45) is 1.28. The van der Waals surface area contributed by atoms with E-state index >= 15 is 0 Å². The van der Waals surface area contributed by atoms with Gasteiger partial charge in [-0.2, -0.15) is 13.2 Å². The number of carbonyl (C=O) groups excluding carboxylic acids is 1. The third-order valence-corrected chi connectivity index (χ3v) is 6.35. The zero-order valence-corrected chi connectivity index (χ0v) is 17.6. The van der Waals surface area contributed by atoms with E-state index in [9.17, 15) is 18.0 Å². The lowest BCUT2D eigenvalue weighted by Gasteiger charge is -2.33. The molecule has 2 N–H and O–H groups in total. The number of anilines is 1. The number of halogens is 5. The van der Waals surface area contributed by atoms with Gasteiger partial charge in [-0.1, -0.05) is 0 Å². The van der Waals surface area contributed by atoms with Crippen LogP contribution >= 0.6 is 24.8 Å². The fraction of sp³-hybridized carbons (Fsp3) is 0.684. The number of rotatable bonds is 3. The Hall–Kier alpha value is -1.25. The maximum atomic E-state index is 12.6. The molecule has 2 aliphatic heterocycles. The van der Waals surface area contributed by atoms with Gasteiger partial charge < -0.3 is 15.5 Å². The molecule has 1 spiro atoms. The highest BCUT2D eigenvalue weighted by Gasteiger charge is 2.57. The zero-order valence-electron chi connectivity index (χ0n) is 16.0. The van der Waals surface area contributed by atoms with Crippen molar-refractivity contribution >= 4 is 36.5 Å². The van der Waals surface area contributed by atoms with E-state index in [1.807, 2.05) is 4.90 Å². The molecular formula is C19H27Cl2F3N4O. The van der Waals surface area contributed by atoms with Crippen molar-refractivity contribution in [3.8, 4) is 0 Å². The fourth-order valence-corrected chi connectivity index (χ4v) is 4.49. The minimum atomic E-state index is -4.36. The number of piperidine rings is 2. The summed E-state index contributed by atoms with van der Waals surface area (Å²) in [5.41, 5.74) is -0.495. The summed E-state index contributed by atoms with van der Waals surface area (Å²) < 4.78 is 37.9. The Kier molecular flexibility index (Phi) is 7.68. The minimum absolute atomic E-state index is 0. The van der Waals surface area contributed by atoms with Crippen molar-refractivity contribution in [2.45, 2.75) is 44.3 Å². The first-order valence-electron chi connectivity index (χ1n) is 9.67. The number of hydrogen-bond acceptors (Lipinski definition) is 4. The number of nitrogens with zero attached hydrogens (tertiary/aromatic N) is 2. The van der Waals surface area contributed by atoms with E-state index in [0.29, 0.717) is 18.9 Å². The normalized spacial score (nSPS) is 23.7. The van der Waals surface area contributed by atoms with Crippen LogP contribution in [0.25, 0.3) is 0 Å². The summed E-state index contributed by atoms with van der Waals surface area (Å²) in [5, 5.41) is 6.55. The smallest absolute Gasteiger partial charge is 0.356 e. The minimum Gasteiger partial charge on any atom is -0.356 e. The molecule has 1 aliphatic carbocycles. The van der Waals surface area contributed by atoms with Gasteiger partial charge in [-0.05, 0) is 62.7 Å². The summed E-state index contributed by atoms with van der Waals surface area (Å²) in [6, 6.07) is 2.64. The molecule has 1 aromatic rings. The van der Waals surface area contributed by atoms with Crippen LogP contribution in [0.15, 0.2) is 18.3 Å². The van der Waals surface area contributed by atoms with E-state index in [0.717, 1.165) is 57.5 Å². The number of aromatic nitrogens is 1. The van der Waals surface area contributed by atoms with E-state index in [1.54, 1.807) is 0 Å². The van der Waals surface area contributed by atoms with E-state index in [2.05, 4.69) is 15.6 Å². The first kappa shape index (κ1) is 24.0. The number of amides is 1. The molecule has 4 rings (SSSR count). The van der Waals surface area contributed by atoms with Gasteiger partial charge in [0.25, 0.3) is 0 Å². The zero-order chi connectivity index (χ0) is 19.1. The molecule has 1 unspecified atom stereocenters. The highest BCUT2D eigenvalue weighted by molar-refractivity contribution is 5.85. The molecule has 10 heteroatoms. The summed E-state index contributed by atoms with van der Waals surface area (Å²) in [7, 11) is 0. The first-order chi connectivity index (χ1) is 12.9. The number of carbonyl (C=O) groups is 1. The average molecular weight is 455 g/mol. The number of nitrogens with one attached hydrogen (secondary N) is 2. The van der Waals surface area contributed by atoms with Gasteiger partial charge in [0.05, 0.1) is 5.56 Å². The van der Waals surface area contributed by atoms with Gasteiger partial charge in [0.1, 0.15) is 5.82 Å². The predicted molar refractivity (Wildman–Crippen MR) is 110 cm³/mol. The first-order valence-corrected chi connectivity index (χ1v) is 9.67. The molecule has 5 nitrogen and oxygen atoms in total. The molecule has 1 atom stereocenters.